The molecular formula is C15H11N3O3. The number of hydrogen-bond acceptors (Lipinski definition) is 5. The van der Waals surface area contributed by atoms with Crippen LogP contribution in [-0.2, 0) is 0 Å². The molecule has 2 aromatic heterocycles. The Kier molecular flexibility index (Phi) is 3.19. The summed E-state index contributed by atoms with van der Waals surface area (Å²) < 4.78 is 5.17. The normalized spacial score (nSPS) is 10.5. The van der Waals surface area contributed by atoms with E-state index in [-0.39, 0.29) is 11.5 Å². The van der Waals surface area contributed by atoms with Gasteiger partial charge in [-0.25, -0.2) is 9.78 Å². The molecule has 0 aliphatic rings. The lowest BCUT2D eigenvalue weighted by Crippen LogP contribution is -1.99. The summed E-state index contributed by atoms with van der Waals surface area (Å²) in [5, 5.41) is 13.0. The van der Waals surface area contributed by atoms with Gasteiger partial charge in [0, 0.05) is 5.69 Å². The van der Waals surface area contributed by atoms with Gasteiger partial charge in [0.1, 0.15) is 5.69 Å². The van der Waals surface area contributed by atoms with Crippen molar-refractivity contribution in [2.24, 2.45) is 0 Å². The highest BCUT2D eigenvalue weighted by molar-refractivity contribution is 5.94. The van der Waals surface area contributed by atoms with Crippen LogP contribution in [0.2, 0.25) is 0 Å². The molecule has 6 heteroatoms. The van der Waals surface area contributed by atoms with Crippen LogP contribution < -0.4 is 0 Å². The van der Waals surface area contributed by atoms with Crippen molar-refractivity contribution in [1.82, 2.24) is 15.1 Å². The second-order valence-corrected chi connectivity index (χ2v) is 4.44. The van der Waals surface area contributed by atoms with Gasteiger partial charge in [-0.3, -0.25) is 0 Å². The lowest BCUT2D eigenvalue weighted by Gasteiger charge is -1.99. The van der Waals surface area contributed by atoms with E-state index in [1.807, 2.05) is 19.1 Å². The SMILES string of the molecule is Cc1cccc(-c2noc(-c3ccccc3C(=O)O)n2)n1. The molecule has 2 heterocycles. The van der Waals surface area contributed by atoms with Gasteiger partial charge in [0.2, 0.25) is 5.82 Å². The predicted octanol–water partition coefficient (Wildman–Crippen LogP) is 2.81. The van der Waals surface area contributed by atoms with Gasteiger partial charge in [-0.05, 0) is 31.2 Å². The van der Waals surface area contributed by atoms with Crippen LogP contribution in [0, 0.1) is 6.92 Å². The van der Waals surface area contributed by atoms with Gasteiger partial charge in [0.05, 0.1) is 11.1 Å². The number of hydrogen-bond donors (Lipinski definition) is 1. The highest BCUT2D eigenvalue weighted by Gasteiger charge is 2.17. The zero-order valence-electron chi connectivity index (χ0n) is 11.1. The minimum Gasteiger partial charge on any atom is -0.478 e. The summed E-state index contributed by atoms with van der Waals surface area (Å²) in [6, 6.07) is 12.0. The van der Waals surface area contributed by atoms with E-state index in [2.05, 4.69) is 15.1 Å². The van der Waals surface area contributed by atoms with Crippen molar-refractivity contribution < 1.29 is 14.4 Å². The third-order valence-corrected chi connectivity index (χ3v) is 2.93. The Morgan fingerprint density at radius 1 is 1.10 bits per heavy atom. The van der Waals surface area contributed by atoms with Crippen LogP contribution in [0.25, 0.3) is 23.0 Å². The molecule has 0 unspecified atom stereocenters. The van der Waals surface area contributed by atoms with E-state index in [1.54, 1.807) is 24.3 Å². The van der Waals surface area contributed by atoms with Gasteiger partial charge in [0.15, 0.2) is 0 Å². The van der Waals surface area contributed by atoms with Crippen LogP contribution in [0.5, 0.6) is 0 Å². The minimum atomic E-state index is -1.04. The lowest BCUT2D eigenvalue weighted by molar-refractivity contribution is 0.0697. The molecule has 104 valence electrons. The van der Waals surface area contributed by atoms with E-state index in [0.717, 1.165) is 5.69 Å². The number of rotatable bonds is 3. The van der Waals surface area contributed by atoms with Crippen molar-refractivity contribution in [3.63, 3.8) is 0 Å². The first-order chi connectivity index (χ1) is 10.1. The second kappa shape index (κ2) is 5.16. The molecule has 0 aliphatic carbocycles. The van der Waals surface area contributed by atoms with E-state index in [1.165, 1.54) is 6.07 Å². The van der Waals surface area contributed by atoms with Gasteiger partial charge in [-0.1, -0.05) is 23.4 Å². The first-order valence-corrected chi connectivity index (χ1v) is 6.25. The fourth-order valence-electron chi connectivity index (χ4n) is 1.96. The molecule has 3 rings (SSSR count). The summed E-state index contributed by atoms with van der Waals surface area (Å²) in [6.45, 7) is 1.87. The van der Waals surface area contributed by atoms with Crippen molar-refractivity contribution in [3.05, 3.63) is 53.7 Å². The molecule has 0 atom stereocenters. The highest BCUT2D eigenvalue weighted by atomic mass is 16.5. The zero-order chi connectivity index (χ0) is 14.8. The van der Waals surface area contributed by atoms with Crippen LogP contribution in [0.15, 0.2) is 47.0 Å². The Hall–Kier alpha value is -3.02. The number of benzene rings is 1. The van der Waals surface area contributed by atoms with Crippen molar-refractivity contribution in [1.29, 1.82) is 0 Å². The molecule has 0 radical (unpaired) electrons. The second-order valence-electron chi connectivity index (χ2n) is 4.44. The monoisotopic (exact) mass is 281 g/mol. The predicted molar refractivity (Wildman–Crippen MR) is 74.7 cm³/mol. The fourth-order valence-corrected chi connectivity index (χ4v) is 1.96. The summed E-state index contributed by atoms with van der Waals surface area (Å²) in [4.78, 5) is 19.8. The van der Waals surface area contributed by atoms with E-state index in [4.69, 9.17) is 4.52 Å². The largest absolute Gasteiger partial charge is 0.478 e. The number of aromatic carboxylic acids is 1. The average molecular weight is 281 g/mol. The molecule has 0 saturated heterocycles. The fraction of sp³-hybridized carbons (Fsp3) is 0.0667. The van der Waals surface area contributed by atoms with E-state index >= 15 is 0 Å². The minimum absolute atomic E-state index is 0.116. The first-order valence-electron chi connectivity index (χ1n) is 6.25. The maximum Gasteiger partial charge on any atom is 0.336 e. The Bertz CT molecular complexity index is 811. The third-order valence-electron chi connectivity index (χ3n) is 2.93. The van der Waals surface area contributed by atoms with Crippen LogP contribution in [0.1, 0.15) is 16.1 Å². The van der Waals surface area contributed by atoms with E-state index in [9.17, 15) is 9.90 Å². The smallest absolute Gasteiger partial charge is 0.336 e. The first kappa shape index (κ1) is 13.0. The summed E-state index contributed by atoms with van der Waals surface area (Å²) in [7, 11) is 0. The molecule has 1 N–H and O–H groups in total. The molecule has 0 fully saturated rings. The maximum absolute atomic E-state index is 11.2. The van der Waals surface area contributed by atoms with Gasteiger partial charge >= 0.3 is 5.97 Å². The Labute approximate surface area is 120 Å². The van der Waals surface area contributed by atoms with Crippen LogP contribution in [0.4, 0.5) is 0 Å². The number of pyridine rings is 1. The van der Waals surface area contributed by atoms with Gasteiger partial charge < -0.3 is 9.63 Å². The summed E-state index contributed by atoms with van der Waals surface area (Å²) in [5.74, 6) is -0.556. The molecule has 0 aliphatic heterocycles. The molecule has 0 saturated carbocycles. The summed E-state index contributed by atoms with van der Waals surface area (Å²) in [6.07, 6.45) is 0. The highest BCUT2D eigenvalue weighted by Crippen LogP contribution is 2.24. The van der Waals surface area contributed by atoms with Crippen molar-refractivity contribution in [2.45, 2.75) is 6.92 Å². The van der Waals surface area contributed by atoms with E-state index < -0.39 is 5.97 Å². The topological polar surface area (TPSA) is 89.1 Å². The summed E-state index contributed by atoms with van der Waals surface area (Å²) in [5.41, 5.74) is 1.92. The lowest BCUT2D eigenvalue weighted by atomic mass is 10.1. The Morgan fingerprint density at radius 2 is 1.90 bits per heavy atom. The number of carboxylic acid groups (broad SMARTS) is 1. The van der Waals surface area contributed by atoms with Crippen molar-refractivity contribution >= 4 is 5.97 Å². The molecule has 1 aromatic carbocycles. The van der Waals surface area contributed by atoms with Crippen LogP contribution >= 0.6 is 0 Å². The van der Waals surface area contributed by atoms with Crippen LogP contribution in [0.3, 0.4) is 0 Å². The molecule has 3 aromatic rings. The molecular weight excluding hydrogens is 270 g/mol. The number of aromatic nitrogens is 3. The van der Waals surface area contributed by atoms with Crippen LogP contribution in [-0.4, -0.2) is 26.2 Å². The third kappa shape index (κ3) is 2.51. The molecule has 0 amide bonds. The van der Waals surface area contributed by atoms with Gasteiger partial charge in [-0.15, -0.1) is 0 Å². The van der Waals surface area contributed by atoms with E-state index in [0.29, 0.717) is 17.1 Å². The molecule has 21 heavy (non-hydrogen) atoms. The van der Waals surface area contributed by atoms with Crippen molar-refractivity contribution in [3.8, 4) is 23.0 Å². The zero-order valence-corrected chi connectivity index (χ0v) is 11.1. The van der Waals surface area contributed by atoms with Gasteiger partial charge in [0.25, 0.3) is 5.89 Å². The number of carboxylic acids is 1. The maximum atomic E-state index is 11.2. The average Bonchev–Trinajstić information content (AvgIpc) is 2.97. The number of carbonyl (C=O) groups is 1. The Morgan fingerprint density at radius 3 is 2.67 bits per heavy atom. The molecule has 6 nitrogen and oxygen atoms in total. The quantitative estimate of drug-likeness (QED) is 0.794. The molecule has 0 spiro atoms. The van der Waals surface area contributed by atoms with Gasteiger partial charge in [-0.2, -0.15) is 4.98 Å². The Balaban J connectivity index is 2.05. The van der Waals surface area contributed by atoms with Crippen molar-refractivity contribution in [2.75, 3.05) is 0 Å². The summed E-state index contributed by atoms with van der Waals surface area (Å²) >= 11 is 0. The number of nitrogens with zero attached hydrogens (tertiary/aromatic N) is 3. The number of aryl methyl sites for hydroxylation is 1. The molecule has 0 bridgehead atoms. The standard InChI is InChI=1S/C15H11N3O3/c1-9-5-4-8-12(16-9)13-17-14(21-18-13)10-6-2-3-7-11(10)15(19)20/h2-8H,1H3,(H,19,20).